The quantitative estimate of drug-likeness (QED) is 0.294. The molecule has 180 valence electrons. The van der Waals surface area contributed by atoms with Crippen LogP contribution in [0.1, 0.15) is 31.8 Å². The van der Waals surface area contributed by atoms with Crippen LogP contribution < -0.4 is 0 Å². The first-order valence-electron chi connectivity index (χ1n) is 11.7. The second-order valence-electron chi connectivity index (χ2n) is 8.71. The molecule has 0 unspecified atom stereocenters. The molecule has 0 saturated carbocycles. The van der Waals surface area contributed by atoms with Crippen molar-refractivity contribution in [1.82, 2.24) is 9.80 Å². The summed E-state index contributed by atoms with van der Waals surface area (Å²) in [6, 6.07) is 22.7. The number of amides is 3. The molecule has 2 aliphatic rings. The maximum absolute atomic E-state index is 13.6. The van der Waals surface area contributed by atoms with Gasteiger partial charge in [-0.1, -0.05) is 84.9 Å². The number of β-lactam (4-membered cyclic amide) rings is 1. The normalized spacial score (nSPS) is 19.9. The molecule has 0 bridgehead atoms. The Bertz CT molecular complexity index is 1320. The van der Waals surface area contributed by atoms with Gasteiger partial charge in [0.05, 0.1) is 24.3 Å². The number of methoxy groups -OCH3 is 1. The fraction of sp³-hybridized carbons (Fsp3) is 0.172. The minimum atomic E-state index is -1.06. The third kappa shape index (κ3) is 3.98. The molecule has 7 heteroatoms. The number of hydrogen-bond donors (Lipinski definition) is 0. The van der Waals surface area contributed by atoms with E-state index in [1.165, 1.54) is 12.0 Å². The molecular formula is C29H24N2O5. The zero-order chi connectivity index (χ0) is 25.2. The van der Waals surface area contributed by atoms with Crippen LogP contribution in [-0.2, 0) is 20.7 Å². The maximum Gasteiger partial charge on any atom is 0.328 e. The first-order chi connectivity index (χ1) is 17.5. The van der Waals surface area contributed by atoms with Crippen molar-refractivity contribution in [1.29, 1.82) is 0 Å². The number of fused-ring (bicyclic) bond motifs is 1. The van der Waals surface area contributed by atoms with Gasteiger partial charge in [0, 0.05) is 6.42 Å². The Morgan fingerprint density at radius 2 is 1.42 bits per heavy atom. The molecule has 1 fully saturated rings. The van der Waals surface area contributed by atoms with E-state index >= 15 is 0 Å². The molecule has 0 spiro atoms. The number of esters is 1. The summed E-state index contributed by atoms with van der Waals surface area (Å²) in [6.07, 6.45) is 3.84. The van der Waals surface area contributed by atoms with E-state index < -0.39 is 41.8 Å². The van der Waals surface area contributed by atoms with Crippen molar-refractivity contribution in [3.05, 3.63) is 113 Å². The van der Waals surface area contributed by atoms with Gasteiger partial charge < -0.3 is 9.64 Å². The van der Waals surface area contributed by atoms with Crippen molar-refractivity contribution < 1.29 is 23.9 Å². The van der Waals surface area contributed by atoms with Crippen LogP contribution in [0.3, 0.4) is 0 Å². The van der Waals surface area contributed by atoms with Gasteiger partial charge in [-0.15, -0.1) is 0 Å². The van der Waals surface area contributed by atoms with Crippen molar-refractivity contribution in [3.63, 3.8) is 0 Å². The molecule has 0 aromatic heterocycles. The summed E-state index contributed by atoms with van der Waals surface area (Å²) in [4.78, 5) is 55.3. The summed E-state index contributed by atoms with van der Waals surface area (Å²) in [7, 11) is 1.28. The molecule has 36 heavy (non-hydrogen) atoms. The molecule has 3 amide bonds. The summed E-state index contributed by atoms with van der Waals surface area (Å²) < 4.78 is 5.05. The molecule has 3 aromatic carbocycles. The highest BCUT2D eigenvalue weighted by atomic mass is 16.5. The lowest BCUT2D eigenvalue weighted by molar-refractivity contribution is -0.167. The van der Waals surface area contributed by atoms with Crippen LogP contribution in [0.25, 0.3) is 6.08 Å². The lowest BCUT2D eigenvalue weighted by atomic mass is 9.88. The van der Waals surface area contributed by atoms with Crippen molar-refractivity contribution in [2.45, 2.75) is 24.5 Å². The van der Waals surface area contributed by atoms with Gasteiger partial charge in [-0.05, 0) is 23.3 Å². The Kier molecular flexibility index (Phi) is 6.21. The summed E-state index contributed by atoms with van der Waals surface area (Å²) in [5, 5.41) is 0. The minimum Gasteiger partial charge on any atom is -0.467 e. The topological polar surface area (TPSA) is 84.0 Å². The number of rotatable bonds is 7. The predicted molar refractivity (Wildman–Crippen MR) is 133 cm³/mol. The van der Waals surface area contributed by atoms with Crippen LogP contribution in [0, 0.1) is 0 Å². The molecule has 2 heterocycles. The van der Waals surface area contributed by atoms with Crippen molar-refractivity contribution >= 4 is 29.8 Å². The molecular weight excluding hydrogens is 456 g/mol. The molecule has 3 atom stereocenters. The number of imide groups is 1. The lowest BCUT2D eigenvalue weighted by Crippen LogP contribution is -2.74. The Hall–Kier alpha value is -4.52. The first kappa shape index (κ1) is 23.2. The third-order valence-corrected chi connectivity index (χ3v) is 6.62. The highest BCUT2D eigenvalue weighted by molar-refractivity contribution is 6.23. The zero-order valence-electron chi connectivity index (χ0n) is 19.6. The third-order valence-electron chi connectivity index (χ3n) is 6.62. The van der Waals surface area contributed by atoms with E-state index in [1.54, 1.807) is 30.3 Å². The molecule has 5 rings (SSSR count). The van der Waals surface area contributed by atoms with Crippen molar-refractivity contribution in [2.75, 3.05) is 7.11 Å². The van der Waals surface area contributed by atoms with Gasteiger partial charge in [-0.25, -0.2) is 4.79 Å². The SMILES string of the molecule is COC(=O)[C@H](Cc1ccccc1)N1C(=O)[C@@H](N2C(=O)c3ccccc3C2=O)[C@H]1C=Cc1ccccc1. The van der Waals surface area contributed by atoms with Gasteiger partial charge >= 0.3 is 5.97 Å². The largest absolute Gasteiger partial charge is 0.467 e. The van der Waals surface area contributed by atoms with E-state index in [2.05, 4.69) is 0 Å². The molecule has 0 N–H and O–H groups in total. The summed E-state index contributed by atoms with van der Waals surface area (Å²) >= 11 is 0. The van der Waals surface area contributed by atoms with E-state index in [4.69, 9.17) is 4.74 Å². The summed E-state index contributed by atoms with van der Waals surface area (Å²) in [5.41, 5.74) is 2.29. The molecule has 2 aliphatic heterocycles. The van der Waals surface area contributed by atoms with Gasteiger partial charge in [0.15, 0.2) is 0 Å². The Labute approximate surface area is 208 Å². The number of likely N-dealkylation sites (tertiary alicyclic amines) is 1. The maximum atomic E-state index is 13.6. The highest BCUT2D eigenvalue weighted by Gasteiger charge is 2.58. The molecule has 7 nitrogen and oxygen atoms in total. The zero-order valence-corrected chi connectivity index (χ0v) is 19.6. The Morgan fingerprint density at radius 1 is 0.861 bits per heavy atom. The Morgan fingerprint density at radius 3 is 2.00 bits per heavy atom. The fourth-order valence-corrected chi connectivity index (χ4v) is 4.84. The van der Waals surface area contributed by atoms with E-state index in [-0.39, 0.29) is 17.5 Å². The number of hydrogen-bond acceptors (Lipinski definition) is 5. The second kappa shape index (κ2) is 9.62. The average molecular weight is 481 g/mol. The standard InChI is InChI=1S/C29H24N2O5/c1-36-29(35)24(18-20-12-6-3-7-13-20)30-23(17-16-19-10-4-2-5-11-19)25(28(30)34)31-26(32)21-14-8-9-15-22(21)27(31)33/h2-17,23-25H,18H2,1H3/t23-,24+,25+/m1/s1. The van der Waals surface area contributed by atoms with Gasteiger partial charge in [0.2, 0.25) is 5.91 Å². The molecule has 3 aromatic rings. The van der Waals surface area contributed by atoms with Crippen LogP contribution in [0.2, 0.25) is 0 Å². The number of nitrogens with zero attached hydrogens (tertiary/aromatic N) is 2. The van der Waals surface area contributed by atoms with Crippen LogP contribution in [0.4, 0.5) is 0 Å². The minimum absolute atomic E-state index is 0.240. The van der Waals surface area contributed by atoms with E-state index in [0.717, 1.165) is 16.0 Å². The van der Waals surface area contributed by atoms with Crippen molar-refractivity contribution in [2.24, 2.45) is 0 Å². The number of carbonyl (C=O) groups excluding carboxylic acids is 4. The average Bonchev–Trinajstić information content (AvgIpc) is 3.16. The van der Waals surface area contributed by atoms with Crippen LogP contribution in [-0.4, -0.2) is 58.7 Å². The van der Waals surface area contributed by atoms with Crippen LogP contribution >= 0.6 is 0 Å². The van der Waals surface area contributed by atoms with Crippen LogP contribution in [0.5, 0.6) is 0 Å². The first-order valence-corrected chi connectivity index (χ1v) is 11.7. The highest BCUT2D eigenvalue weighted by Crippen LogP contribution is 2.36. The smallest absolute Gasteiger partial charge is 0.328 e. The Balaban J connectivity index is 1.52. The molecule has 1 saturated heterocycles. The van der Waals surface area contributed by atoms with E-state index in [1.807, 2.05) is 66.7 Å². The number of ether oxygens (including phenoxy) is 1. The predicted octanol–water partition coefficient (Wildman–Crippen LogP) is 3.36. The summed E-state index contributed by atoms with van der Waals surface area (Å²) in [5.74, 6) is -2.06. The van der Waals surface area contributed by atoms with E-state index in [9.17, 15) is 19.2 Å². The monoisotopic (exact) mass is 480 g/mol. The number of carbonyl (C=O) groups is 4. The lowest BCUT2D eigenvalue weighted by Gasteiger charge is -2.51. The van der Waals surface area contributed by atoms with Gasteiger partial charge in [0.1, 0.15) is 12.1 Å². The molecule has 0 radical (unpaired) electrons. The fourth-order valence-electron chi connectivity index (χ4n) is 4.84. The summed E-state index contributed by atoms with van der Waals surface area (Å²) in [6.45, 7) is 0. The second-order valence-corrected chi connectivity index (χ2v) is 8.71. The number of benzene rings is 3. The van der Waals surface area contributed by atoms with Crippen LogP contribution in [0.15, 0.2) is 91.0 Å². The van der Waals surface area contributed by atoms with E-state index in [0.29, 0.717) is 0 Å². The molecule has 0 aliphatic carbocycles. The van der Waals surface area contributed by atoms with Gasteiger partial charge in [-0.3, -0.25) is 19.3 Å². The van der Waals surface area contributed by atoms with Gasteiger partial charge in [0.25, 0.3) is 11.8 Å². The van der Waals surface area contributed by atoms with Gasteiger partial charge in [-0.2, -0.15) is 0 Å². The van der Waals surface area contributed by atoms with Crippen molar-refractivity contribution in [3.8, 4) is 0 Å².